The molecule has 0 saturated heterocycles. The van der Waals surface area contributed by atoms with Crippen LogP contribution < -0.4 is 16.0 Å². The van der Waals surface area contributed by atoms with E-state index in [1.54, 1.807) is 6.92 Å². The first-order valence-corrected chi connectivity index (χ1v) is 5.83. The van der Waals surface area contributed by atoms with Crippen molar-refractivity contribution in [2.75, 3.05) is 11.4 Å². The molecule has 0 aliphatic carbocycles. The highest BCUT2D eigenvalue weighted by atomic mass is 19.4. The lowest BCUT2D eigenvalue weighted by Gasteiger charge is -2.23. The molecule has 8 heteroatoms. The van der Waals surface area contributed by atoms with Crippen LogP contribution in [0.4, 0.5) is 23.7 Å². The fraction of sp³-hybridized carbons (Fsp3) is 0.333. The van der Waals surface area contributed by atoms with Crippen molar-refractivity contribution in [1.29, 1.82) is 5.41 Å². The molecule has 2 amide bonds. The molecule has 0 bridgehead atoms. The Morgan fingerprint density at radius 1 is 1.40 bits per heavy atom. The second kappa shape index (κ2) is 6.27. The average molecular weight is 288 g/mol. The van der Waals surface area contributed by atoms with E-state index in [0.29, 0.717) is 4.90 Å². The second-order valence-corrected chi connectivity index (χ2v) is 3.98. The van der Waals surface area contributed by atoms with E-state index in [4.69, 9.17) is 11.1 Å². The fourth-order valence-electron chi connectivity index (χ4n) is 1.67. The predicted octanol–water partition coefficient (Wildman–Crippen LogP) is 2.22. The molecule has 0 aliphatic heterocycles. The van der Waals surface area contributed by atoms with Gasteiger partial charge in [-0.2, -0.15) is 13.2 Å². The van der Waals surface area contributed by atoms with Crippen LogP contribution in [0.15, 0.2) is 24.3 Å². The Kier molecular flexibility index (Phi) is 4.95. The van der Waals surface area contributed by atoms with Crippen LogP contribution in [0.1, 0.15) is 12.5 Å². The zero-order chi connectivity index (χ0) is 15.3. The number of para-hydroxylation sites is 1. The Bertz CT molecular complexity index is 502. The maximum atomic E-state index is 12.5. The Labute approximate surface area is 114 Å². The Morgan fingerprint density at radius 3 is 2.50 bits per heavy atom. The lowest BCUT2D eigenvalue weighted by atomic mass is 10.1. The molecule has 0 unspecified atom stereocenters. The van der Waals surface area contributed by atoms with Gasteiger partial charge in [0.25, 0.3) is 0 Å². The number of nitrogens with zero attached hydrogens (tertiary/aromatic N) is 1. The first-order chi connectivity index (χ1) is 9.26. The highest BCUT2D eigenvalue weighted by Gasteiger charge is 2.31. The topological polar surface area (TPSA) is 82.2 Å². The van der Waals surface area contributed by atoms with E-state index in [-0.39, 0.29) is 17.8 Å². The van der Waals surface area contributed by atoms with Gasteiger partial charge in [0.2, 0.25) is 5.96 Å². The molecule has 0 aromatic heterocycles. The van der Waals surface area contributed by atoms with E-state index < -0.39 is 24.6 Å². The van der Waals surface area contributed by atoms with Crippen LogP contribution in [0.25, 0.3) is 0 Å². The van der Waals surface area contributed by atoms with Gasteiger partial charge in [-0.05, 0) is 18.6 Å². The van der Waals surface area contributed by atoms with Gasteiger partial charge in [-0.3, -0.25) is 5.41 Å². The molecule has 0 aliphatic rings. The molecule has 0 radical (unpaired) electrons. The number of urea groups is 1. The Morgan fingerprint density at radius 2 is 2.00 bits per heavy atom. The standard InChI is InChI=1S/C12H15F3N4O/c1-2-18-11(20)19(10(16)17)9-6-4-3-5-8(9)7-12(13,14)15/h3-6H,2,7H2,1H3,(H3,16,17)(H,18,20). The predicted molar refractivity (Wildman–Crippen MR) is 69.7 cm³/mol. The number of halogens is 3. The third-order valence-electron chi connectivity index (χ3n) is 2.40. The van der Waals surface area contributed by atoms with Crippen LogP contribution in [-0.4, -0.2) is 24.7 Å². The zero-order valence-electron chi connectivity index (χ0n) is 10.8. The smallest absolute Gasteiger partial charge is 0.369 e. The van der Waals surface area contributed by atoms with Gasteiger partial charge in [0.15, 0.2) is 0 Å². The molecule has 0 heterocycles. The van der Waals surface area contributed by atoms with E-state index in [0.717, 1.165) is 0 Å². The molecule has 110 valence electrons. The number of guanidine groups is 1. The van der Waals surface area contributed by atoms with E-state index in [9.17, 15) is 18.0 Å². The number of carbonyl (C=O) groups excluding carboxylic acids is 1. The van der Waals surface area contributed by atoms with Crippen molar-refractivity contribution in [3.63, 3.8) is 0 Å². The summed E-state index contributed by atoms with van der Waals surface area (Å²) in [7, 11) is 0. The first kappa shape index (κ1) is 15.8. The van der Waals surface area contributed by atoms with Gasteiger partial charge in [-0.15, -0.1) is 0 Å². The van der Waals surface area contributed by atoms with Gasteiger partial charge in [-0.25, -0.2) is 9.69 Å². The number of alkyl halides is 3. The highest BCUT2D eigenvalue weighted by Crippen LogP contribution is 2.28. The summed E-state index contributed by atoms with van der Waals surface area (Å²) in [6, 6.07) is 4.73. The van der Waals surface area contributed by atoms with Gasteiger partial charge in [0, 0.05) is 6.54 Å². The maximum Gasteiger partial charge on any atom is 0.393 e. The van der Waals surface area contributed by atoms with Crippen molar-refractivity contribution in [1.82, 2.24) is 5.32 Å². The zero-order valence-corrected chi connectivity index (χ0v) is 10.8. The molecule has 0 fully saturated rings. The number of nitrogens with two attached hydrogens (primary N) is 1. The average Bonchev–Trinajstić information content (AvgIpc) is 2.29. The third kappa shape index (κ3) is 4.15. The lowest BCUT2D eigenvalue weighted by molar-refractivity contribution is -0.127. The van der Waals surface area contributed by atoms with Gasteiger partial charge in [0.05, 0.1) is 12.1 Å². The minimum Gasteiger partial charge on any atom is -0.369 e. The quantitative estimate of drug-likeness (QED) is 0.588. The summed E-state index contributed by atoms with van der Waals surface area (Å²) < 4.78 is 37.6. The largest absolute Gasteiger partial charge is 0.393 e. The number of benzene rings is 1. The molecular formula is C12H15F3N4O. The minimum atomic E-state index is -4.42. The summed E-state index contributed by atoms with van der Waals surface area (Å²) in [6.07, 6.45) is -5.62. The van der Waals surface area contributed by atoms with Crippen molar-refractivity contribution >= 4 is 17.7 Å². The third-order valence-corrected chi connectivity index (χ3v) is 2.40. The number of anilines is 1. The normalized spacial score (nSPS) is 11.0. The molecule has 0 saturated carbocycles. The van der Waals surface area contributed by atoms with Crippen LogP contribution in [0.3, 0.4) is 0 Å². The number of rotatable bonds is 3. The Hall–Kier alpha value is -2.25. The molecule has 0 atom stereocenters. The number of carbonyl (C=O) groups is 1. The van der Waals surface area contributed by atoms with Gasteiger partial charge < -0.3 is 11.1 Å². The summed E-state index contributed by atoms with van der Waals surface area (Å²) >= 11 is 0. The number of nitrogens with one attached hydrogen (secondary N) is 2. The summed E-state index contributed by atoms with van der Waals surface area (Å²) in [5.41, 5.74) is 5.12. The molecule has 1 aromatic rings. The molecule has 0 spiro atoms. The minimum absolute atomic E-state index is 0.0525. The van der Waals surface area contributed by atoms with Crippen LogP contribution in [0.5, 0.6) is 0 Å². The number of hydrogen-bond donors (Lipinski definition) is 3. The van der Waals surface area contributed by atoms with Crippen molar-refractivity contribution in [3.8, 4) is 0 Å². The maximum absolute atomic E-state index is 12.5. The molecule has 5 nitrogen and oxygen atoms in total. The second-order valence-electron chi connectivity index (χ2n) is 3.98. The van der Waals surface area contributed by atoms with Crippen molar-refractivity contribution in [2.24, 2.45) is 5.73 Å². The van der Waals surface area contributed by atoms with Crippen LogP contribution >= 0.6 is 0 Å². The van der Waals surface area contributed by atoms with Crippen molar-refractivity contribution < 1.29 is 18.0 Å². The SMILES string of the molecule is CCNC(=O)N(C(=N)N)c1ccccc1CC(F)(F)F. The van der Waals surface area contributed by atoms with E-state index in [2.05, 4.69) is 5.32 Å². The highest BCUT2D eigenvalue weighted by molar-refractivity contribution is 6.14. The summed E-state index contributed by atoms with van der Waals surface area (Å²) in [6.45, 7) is 1.92. The van der Waals surface area contributed by atoms with Crippen LogP contribution in [0.2, 0.25) is 0 Å². The first-order valence-electron chi connectivity index (χ1n) is 5.83. The molecule has 20 heavy (non-hydrogen) atoms. The number of amides is 2. The van der Waals surface area contributed by atoms with Crippen LogP contribution in [0, 0.1) is 5.41 Å². The fourth-order valence-corrected chi connectivity index (χ4v) is 1.67. The van der Waals surface area contributed by atoms with E-state index in [1.165, 1.54) is 24.3 Å². The van der Waals surface area contributed by atoms with Gasteiger partial charge in [0.1, 0.15) is 0 Å². The summed E-state index contributed by atoms with van der Waals surface area (Å²) in [4.78, 5) is 12.5. The lowest BCUT2D eigenvalue weighted by Crippen LogP contribution is -2.47. The van der Waals surface area contributed by atoms with Gasteiger partial charge in [-0.1, -0.05) is 18.2 Å². The van der Waals surface area contributed by atoms with E-state index >= 15 is 0 Å². The van der Waals surface area contributed by atoms with Gasteiger partial charge >= 0.3 is 12.2 Å². The summed E-state index contributed by atoms with van der Waals surface area (Å²) in [5.74, 6) is -0.648. The summed E-state index contributed by atoms with van der Waals surface area (Å²) in [5, 5.41) is 9.79. The monoisotopic (exact) mass is 288 g/mol. The van der Waals surface area contributed by atoms with Crippen molar-refractivity contribution in [2.45, 2.75) is 19.5 Å². The molecule has 4 N–H and O–H groups in total. The molecule has 1 aromatic carbocycles. The van der Waals surface area contributed by atoms with Crippen molar-refractivity contribution in [3.05, 3.63) is 29.8 Å². The molecule has 1 rings (SSSR count). The molecular weight excluding hydrogens is 273 g/mol. The Balaban J connectivity index is 3.20. The van der Waals surface area contributed by atoms with E-state index in [1.807, 2.05) is 0 Å². The number of hydrogen-bond acceptors (Lipinski definition) is 2. The van der Waals surface area contributed by atoms with Crippen LogP contribution in [-0.2, 0) is 6.42 Å².